The third kappa shape index (κ3) is 6.19. The Morgan fingerprint density at radius 2 is 2.04 bits per heavy atom. The molecule has 0 radical (unpaired) electrons. The lowest BCUT2D eigenvalue weighted by molar-refractivity contribution is 0.0525. The zero-order chi connectivity index (χ0) is 20.1. The van der Waals surface area contributed by atoms with Gasteiger partial charge in [-0.25, -0.2) is 8.42 Å². The van der Waals surface area contributed by atoms with E-state index in [0.29, 0.717) is 30.3 Å². The van der Waals surface area contributed by atoms with Crippen LogP contribution in [0.4, 0.5) is 0 Å². The van der Waals surface area contributed by atoms with Crippen molar-refractivity contribution in [3.63, 3.8) is 0 Å². The Morgan fingerprint density at radius 3 is 2.71 bits per heavy atom. The number of aliphatic hydroxyl groups is 1. The summed E-state index contributed by atoms with van der Waals surface area (Å²) in [5.41, 5.74) is 1.05. The molecule has 1 N–H and O–H groups in total. The standard InChI is InChI=1S/C20H23BrClNO4S/c21-16-5-3-4-15(10-16)11-23(17-8-9-28(25,26)14-17)12-18(24)13-27-20-7-2-1-6-19(20)22/h1-7,10,17-18,24H,8-9,11-14H2. The highest BCUT2D eigenvalue weighted by molar-refractivity contribution is 9.10. The van der Waals surface area contributed by atoms with Gasteiger partial charge in [0.05, 0.1) is 16.5 Å². The zero-order valence-corrected chi connectivity index (χ0v) is 18.5. The molecular formula is C20H23BrClNO4S. The first kappa shape index (κ1) is 21.6. The average molecular weight is 489 g/mol. The smallest absolute Gasteiger partial charge is 0.151 e. The van der Waals surface area contributed by atoms with Crippen LogP contribution in [-0.4, -0.2) is 55.2 Å². The second kappa shape index (κ2) is 9.59. The van der Waals surface area contributed by atoms with E-state index in [1.165, 1.54) is 0 Å². The highest BCUT2D eigenvalue weighted by Crippen LogP contribution is 2.24. The van der Waals surface area contributed by atoms with Gasteiger partial charge in [0.25, 0.3) is 0 Å². The van der Waals surface area contributed by atoms with Gasteiger partial charge in [-0.3, -0.25) is 4.90 Å². The van der Waals surface area contributed by atoms with Crippen LogP contribution >= 0.6 is 27.5 Å². The quantitative estimate of drug-likeness (QED) is 0.616. The molecule has 2 aromatic carbocycles. The van der Waals surface area contributed by atoms with Crippen molar-refractivity contribution >= 4 is 37.4 Å². The topological polar surface area (TPSA) is 66.8 Å². The number of halogens is 2. The SMILES string of the molecule is O=S1(=O)CCC(N(Cc2cccc(Br)c2)CC(O)COc2ccccc2Cl)C1. The van der Waals surface area contributed by atoms with E-state index in [4.69, 9.17) is 16.3 Å². The van der Waals surface area contributed by atoms with Crippen LogP contribution in [0.3, 0.4) is 0 Å². The highest BCUT2D eigenvalue weighted by atomic mass is 79.9. The Labute approximate surface area is 179 Å². The number of rotatable bonds is 8. The van der Waals surface area contributed by atoms with Crippen molar-refractivity contribution in [3.8, 4) is 5.75 Å². The molecule has 0 bridgehead atoms. The lowest BCUT2D eigenvalue weighted by atomic mass is 10.1. The Balaban J connectivity index is 1.66. The molecule has 0 aliphatic carbocycles. The maximum Gasteiger partial charge on any atom is 0.151 e. The van der Waals surface area contributed by atoms with Crippen molar-refractivity contribution in [2.24, 2.45) is 0 Å². The van der Waals surface area contributed by atoms with Gasteiger partial charge < -0.3 is 9.84 Å². The number of sulfone groups is 1. The van der Waals surface area contributed by atoms with Gasteiger partial charge in [-0.2, -0.15) is 0 Å². The molecule has 1 aliphatic rings. The highest BCUT2D eigenvalue weighted by Gasteiger charge is 2.33. The third-order valence-electron chi connectivity index (χ3n) is 4.71. The average Bonchev–Trinajstić information content (AvgIpc) is 3.00. The number of nitrogens with zero attached hydrogens (tertiary/aromatic N) is 1. The van der Waals surface area contributed by atoms with Gasteiger partial charge in [0.1, 0.15) is 18.5 Å². The van der Waals surface area contributed by atoms with Crippen molar-refractivity contribution in [1.82, 2.24) is 4.90 Å². The third-order valence-corrected chi connectivity index (χ3v) is 7.27. The van der Waals surface area contributed by atoms with Crippen molar-refractivity contribution in [2.75, 3.05) is 24.7 Å². The predicted molar refractivity (Wildman–Crippen MR) is 115 cm³/mol. The van der Waals surface area contributed by atoms with Gasteiger partial charge in [-0.1, -0.05) is 51.8 Å². The molecule has 0 aromatic heterocycles. The second-order valence-electron chi connectivity index (χ2n) is 7.01. The van der Waals surface area contributed by atoms with Gasteiger partial charge in [0, 0.05) is 23.6 Å². The van der Waals surface area contributed by atoms with Crippen molar-refractivity contribution in [2.45, 2.75) is 25.1 Å². The summed E-state index contributed by atoms with van der Waals surface area (Å²) in [5, 5.41) is 11.0. The van der Waals surface area contributed by atoms with Crippen LogP contribution in [0.2, 0.25) is 5.02 Å². The number of hydrogen-bond acceptors (Lipinski definition) is 5. The van der Waals surface area contributed by atoms with E-state index in [1.807, 2.05) is 41.3 Å². The number of aliphatic hydroxyl groups excluding tert-OH is 1. The number of para-hydroxylation sites is 1. The van der Waals surface area contributed by atoms with Gasteiger partial charge in [0.2, 0.25) is 0 Å². The summed E-state index contributed by atoms with van der Waals surface area (Å²) in [4.78, 5) is 2.03. The van der Waals surface area contributed by atoms with Crippen LogP contribution in [0.1, 0.15) is 12.0 Å². The molecule has 28 heavy (non-hydrogen) atoms. The Hall–Kier alpha value is -1.12. The fourth-order valence-electron chi connectivity index (χ4n) is 3.35. The predicted octanol–water partition coefficient (Wildman–Crippen LogP) is 3.53. The minimum atomic E-state index is -3.02. The molecule has 1 aliphatic heterocycles. The Kier molecular flexibility index (Phi) is 7.39. The first-order valence-corrected chi connectivity index (χ1v) is 12.1. The van der Waals surface area contributed by atoms with Crippen molar-refractivity contribution in [1.29, 1.82) is 0 Å². The van der Waals surface area contributed by atoms with E-state index in [1.54, 1.807) is 12.1 Å². The van der Waals surface area contributed by atoms with Crippen LogP contribution < -0.4 is 4.74 Å². The lowest BCUT2D eigenvalue weighted by Gasteiger charge is -2.30. The number of ether oxygens (including phenoxy) is 1. The molecule has 0 saturated carbocycles. The summed E-state index contributed by atoms with van der Waals surface area (Å²) in [5.74, 6) is 0.836. The van der Waals surface area contributed by atoms with Crippen LogP contribution in [0.25, 0.3) is 0 Å². The van der Waals surface area contributed by atoms with Gasteiger partial charge in [0.15, 0.2) is 9.84 Å². The molecule has 1 heterocycles. The van der Waals surface area contributed by atoms with Gasteiger partial charge in [-0.15, -0.1) is 0 Å². The molecule has 8 heteroatoms. The van der Waals surface area contributed by atoms with E-state index in [2.05, 4.69) is 15.9 Å². The zero-order valence-electron chi connectivity index (χ0n) is 15.3. The molecule has 152 valence electrons. The van der Waals surface area contributed by atoms with Crippen LogP contribution in [0.5, 0.6) is 5.75 Å². The molecule has 0 spiro atoms. The van der Waals surface area contributed by atoms with Crippen LogP contribution in [0, 0.1) is 0 Å². The largest absolute Gasteiger partial charge is 0.489 e. The minimum Gasteiger partial charge on any atom is -0.489 e. The first-order valence-electron chi connectivity index (χ1n) is 9.07. The van der Waals surface area contributed by atoms with E-state index in [0.717, 1.165) is 10.0 Å². The second-order valence-corrected chi connectivity index (χ2v) is 10.6. The maximum absolute atomic E-state index is 11.9. The fourth-order valence-corrected chi connectivity index (χ4v) is 5.75. The van der Waals surface area contributed by atoms with E-state index < -0.39 is 15.9 Å². The summed E-state index contributed by atoms with van der Waals surface area (Å²) in [6.45, 7) is 0.956. The van der Waals surface area contributed by atoms with E-state index in [9.17, 15) is 13.5 Å². The summed E-state index contributed by atoms with van der Waals surface area (Å²) >= 11 is 9.55. The van der Waals surface area contributed by atoms with E-state index in [-0.39, 0.29) is 24.2 Å². The number of benzene rings is 2. The summed E-state index contributed by atoms with van der Waals surface area (Å²) in [7, 11) is -3.02. The summed E-state index contributed by atoms with van der Waals surface area (Å²) in [6, 6.07) is 14.9. The van der Waals surface area contributed by atoms with E-state index >= 15 is 0 Å². The lowest BCUT2D eigenvalue weighted by Crippen LogP contribution is -2.42. The molecule has 2 aromatic rings. The molecular weight excluding hydrogens is 466 g/mol. The molecule has 3 rings (SSSR count). The molecule has 1 fully saturated rings. The summed E-state index contributed by atoms with van der Waals surface area (Å²) in [6.07, 6.45) is -0.194. The van der Waals surface area contributed by atoms with Gasteiger partial charge in [-0.05, 0) is 36.2 Å². The normalized spacial score (nSPS) is 19.6. The first-order chi connectivity index (χ1) is 13.3. The minimum absolute atomic E-state index is 0.0815. The monoisotopic (exact) mass is 487 g/mol. The van der Waals surface area contributed by atoms with Gasteiger partial charge >= 0.3 is 0 Å². The van der Waals surface area contributed by atoms with Crippen molar-refractivity contribution in [3.05, 3.63) is 63.6 Å². The molecule has 2 atom stereocenters. The maximum atomic E-state index is 11.9. The molecule has 1 saturated heterocycles. The van der Waals surface area contributed by atoms with Crippen LogP contribution in [-0.2, 0) is 16.4 Å². The number of hydrogen-bond donors (Lipinski definition) is 1. The molecule has 5 nitrogen and oxygen atoms in total. The van der Waals surface area contributed by atoms with Crippen molar-refractivity contribution < 1.29 is 18.3 Å². The molecule has 0 amide bonds. The summed E-state index contributed by atoms with van der Waals surface area (Å²) < 4.78 is 30.5. The Bertz CT molecular complexity index is 909. The fraction of sp³-hybridized carbons (Fsp3) is 0.400. The Morgan fingerprint density at radius 1 is 1.25 bits per heavy atom. The molecule has 2 unspecified atom stereocenters. The van der Waals surface area contributed by atoms with Crippen LogP contribution in [0.15, 0.2) is 53.0 Å².